The third kappa shape index (κ3) is 5.14. The topological polar surface area (TPSA) is 66.9 Å². The Bertz CT molecular complexity index is 645. The number of thiazole rings is 1. The number of nitrogens with one attached hydrogen (secondary N) is 2. The van der Waals surface area contributed by atoms with Crippen LogP contribution < -0.4 is 10.6 Å². The van der Waals surface area contributed by atoms with E-state index in [4.69, 9.17) is 0 Å². The minimum Gasteiger partial charge on any atom is -0.351 e. The van der Waals surface area contributed by atoms with Crippen molar-refractivity contribution in [3.05, 3.63) is 35.6 Å². The SMILES string of the molecule is CC1(CNC(=O)c2cnc(-c3ccncc3)s2)CCNCC1.Cl.Cl. The maximum absolute atomic E-state index is 12.3. The number of aromatic nitrogens is 2. The van der Waals surface area contributed by atoms with Gasteiger partial charge >= 0.3 is 0 Å². The molecule has 1 amide bonds. The molecule has 0 aliphatic carbocycles. The van der Waals surface area contributed by atoms with E-state index >= 15 is 0 Å². The number of halogens is 2. The van der Waals surface area contributed by atoms with Crippen molar-refractivity contribution in [1.29, 1.82) is 0 Å². The molecule has 0 saturated carbocycles. The molecule has 2 aromatic rings. The average molecular weight is 389 g/mol. The van der Waals surface area contributed by atoms with E-state index in [0.29, 0.717) is 4.88 Å². The minimum absolute atomic E-state index is 0. The number of piperidine rings is 1. The smallest absolute Gasteiger partial charge is 0.263 e. The Balaban J connectivity index is 0.00000144. The first-order chi connectivity index (χ1) is 10.7. The second-order valence-corrected chi connectivity index (χ2v) is 7.04. The predicted octanol–water partition coefficient (Wildman–Crippen LogP) is 3.17. The number of hydrogen-bond donors (Lipinski definition) is 2. The Morgan fingerprint density at radius 2 is 1.96 bits per heavy atom. The van der Waals surface area contributed by atoms with Crippen LogP contribution in [0.1, 0.15) is 29.4 Å². The first kappa shape index (κ1) is 20.8. The van der Waals surface area contributed by atoms with Gasteiger partial charge < -0.3 is 10.6 Å². The summed E-state index contributed by atoms with van der Waals surface area (Å²) in [4.78, 5) is 21.3. The fourth-order valence-corrected chi connectivity index (χ4v) is 3.43. The van der Waals surface area contributed by atoms with Gasteiger partial charge in [0.05, 0.1) is 6.20 Å². The molecular weight excluding hydrogens is 367 g/mol. The third-order valence-corrected chi connectivity index (χ3v) is 5.19. The van der Waals surface area contributed by atoms with Crippen LogP contribution >= 0.6 is 36.2 Å². The standard InChI is InChI=1S/C16H20N4OS.2ClH/c1-16(4-8-18-9-5-16)11-20-14(21)13-10-19-15(22-13)12-2-6-17-7-3-12;;/h2-3,6-7,10,18H,4-5,8-9,11H2,1H3,(H,20,21);2*1H. The van der Waals surface area contributed by atoms with Crippen LogP contribution in [0.4, 0.5) is 0 Å². The van der Waals surface area contributed by atoms with E-state index < -0.39 is 0 Å². The summed E-state index contributed by atoms with van der Waals surface area (Å²) in [6.07, 6.45) is 7.31. The van der Waals surface area contributed by atoms with Gasteiger partial charge in [0, 0.05) is 24.5 Å². The van der Waals surface area contributed by atoms with Crippen LogP contribution in [-0.4, -0.2) is 35.5 Å². The van der Waals surface area contributed by atoms with Crippen LogP contribution in [0.15, 0.2) is 30.7 Å². The lowest BCUT2D eigenvalue weighted by molar-refractivity contribution is 0.0926. The molecule has 0 radical (unpaired) electrons. The van der Waals surface area contributed by atoms with Gasteiger partial charge in [0.25, 0.3) is 5.91 Å². The lowest BCUT2D eigenvalue weighted by Gasteiger charge is -2.34. The van der Waals surface area contributed by atoms with Crippen molar-refractivity contribution < 1.29 is 4.79 Å². The molecule has 8 heteroatoms. The van der Waals surface area contributed by atoms with Crippen LogP contribution in [0.2, 0.25) is 0 Å². The molecule has 0 atom stereocenters. The zero-order valence-electron chi connectivity index (χ0n) is 13.4. The van der Waals surface area contributed by atoms with Crippen molar-refractivity contribution in [2.45, 2.75) is 19.8 Å². The van der Waals surface area contributed by atoms with Gasteiger partial charge in [-0.15, -0.1) is 36.2 Å². The Labute approximate surface area is 158 Å². The Morgan fingerprint density at radius 3 is 2.62 bits per heavy atom. The number of pyridine rings is 1. The summed E-state index contributed by atoms with van der Waals surface area (Å²) in [5, 5.41) is 7.27. The molecular formula is C16H22Cl2N4OS. The summed E-state index contributed by atoms with van der Waals surface area (Å²) in [5.41, 5.74) is 1.18. The molecule has 0 aromatic carbocycles. The molecule has 0 spiro atoms. The minimum atomic E-state index is -0.0300. The summed E-state index contributed by atoms with van der Waals surface area (Å²) < 4.78 is 0. The van der Waals surface area contributed by atoms with Crippen molar-refractivity contribution in [3.63, 3.8) is 0 Å². The molecule has 2 N–H and O–H groups in total. The maximum atomic E-state index is 12.3. The van der Waals surface area contributed by atoms with Crippen LogP contribution in [0.5, 0.6) is 0 Å². The number of nitrogens with zero attached hydrogens (tertiary/aromatic N) is 2. The summed E-state index contributed by atoms with van der Waals surface area (Å²) in [5.74, 6) is -0.0300. The summed E-state index contributed by atoms with van der Waals surface area (Å²) in [6.45, 7) is 5.01. The van der Waals surface area contributed by atoms with E-state index in [1.54, 1.807) is 18.6 Å². The lowest BCUT2D eigenvalue weighted by atomic mass is 9.81. The van der Waals surface area contributed by atoms with Crippen LogP contribution in [0.3, 0.4) is 0 Å². The fraction of sp³-hybridized carbons (Fsp3) is 0.438. The number of hydrogen-bond acceptors (Lipinski definition) is 5. The molecule has 2 aromatic heterocycles. The van der Waals surface area contributed by atoms with E-state index in [1.807, 2.05) is 12.1 Å². The maximum Gasteiger partial charge on any atom is 0.263 e. The predicted molar refractivity (Wildman–Crippen MR) is 102 cm³/mol. The second kappa shape index (κ2) is 9.32. The molecule has 3 rings (SSSR count). The normalized spacial score (nSPS) is 15.7. The van der Waals surface area contributed by atoms with Gasteiger partial charge in [-0.25, -0.2) is 4.98 Å². The number of carbonyl (C=O) groups is 1. The molecule has 132 valence electrons. The van der Waals surface area contributed by atoms with Gasteiger partial charge in [-0.1, -0.05) is 6.92 Å². The van der Waals surface area contributed by atoms with Crippen molar-refractivity contribution in [2.24, 2.45) is 5.41 Å². The Hall–Kier alpha value is -1.21. The summed E-state index contributed by atoms with van der Waals surface area (Å²) in [6, 6.07) is 3.80. The highest BCUT2D eigenvalue weighted by Crippen LogP contribution is 2.28. The van der Waals surface area contributed by atoms with Crippen LogP contribution in [-0.2, 0) is 0 Å². The van der Waals surface area contributed by atoms with Gasteiger partial charge in [0.1, 0.15) is 9.88 Å². The average Bonchev–Trinajstić information content (AvgIpc) is 3.04. The highest BCUT2D eigenvalue weighted by Gasteiger charge is 2.27. The van der Waals surface area contributed by atoms with Gasteiger partial charge in [0.15, 0.2) is 0 Å². The fourth-order valence-electron chi connectivity index (χ4n) is 2.59. The van der Waals surface area contributed by atoms with Crippen molar-refractivity contribution in [2.75, 3.05) is 19.6 Å². The van der Waals surface area contributed by atoms with E-state index in [-0.39, 0.29) is 36.1 Å². The molecule has 1 aliphatic rings. The zero-order chi connectivity index (χ0) is 15.4. The number of amides is 1. The van der Waals surface area contributed by atoms with Crippen LogP contribution in [0, 0.1) is 5.41 Å². The Morgan fingerprint density at radius 1 is 1.29 bits per heavy atom. The van der Waals surface area contributed by atoms with Gasteiger partial charge in [-0.05, 0) is 43.5 Å². The van der Waals surface area contributed by atoms with E-state index in [2.05, 4.69) is 27.5 Å². The van der Waals surface area contributed by atoms with E-state index in [0.717, 1.165) is 43.0 Å². The van der Waals surface area contributed by atoms with Gasteiger partial charge in [-0.3, -0.25) is 9.78 Å². The van der Waals surface area contributed by atoms with Gasteiger partial charge in [-0.2, -0.15) is 0 Å². The Kier molecular flexibility index (Phi) is 8.09. The van der Waals surface area contributed by atoms with Crippen molar-refractivity contribution in [1.82, 2.24) is 20.6 Å². The second-order valence-electron chi connectivity index (χ2n) is 6.01. The highest BCUT2D eigenvalue weighted by atomic mass is 35.5. The highest BCUT2D eigenvalue weighted by molar-refractivity contribution is 7.16. The first-order valence-corrected chi connectivity index (χ1v) is 8.33. The molecule has 5 nitrogen and oxygen atoms in total. The number of carbonyl (C=O) groups excluding carboxylic acids is 1. The quantitative estimate of drug-likeness (QED) is 0.843. The molecule has 1 saturated heterocycles. The molecule has 1 fully saturated rings. The molecule has 1 aliphatic heterocycles. The summed E-state index contributed by atoms with van der Waals surface area (Å²) in [7, 11) is 0. The number of rotatable bonds is 4. The summed E-state index contributed by atoms with van der Waals surface area (Å²) >= 11 is 1.42. The lowest BCUT2D eigenvalue weighted by Crippen LogP contribution is -2.42. The first-order valence-electron chi connectivity index (χ1n) is 7.51. The third-order valence-electron chi connectivity index (χ3n) is 4.14. The molecule has 3 heterocycles. The monoisotopic (exact) mass is 388 g/mol. The largest absolute Gasteiger partial charge is 0.351 e. The van der Waals surface area contributed by atoms with Crippen molar-refractivity contribution in [3.8, 4) is 10.6 Å². The molecule has 0 unspecified atom stereocenters. The van der Waals surface area contributed by atoms with E-state index in [9.17, 15) is 4.79 Å². The molecule has 24 heavy (non-hydrogen) atoms. The van der Waals surface area contributed by atoms with Crippen LogP contribution in [0.25, 0.3) is 10.6 Å². The van der Waals surface area contributed by atoms with Gasteiger partial charge in [0.2, 0.25) is 0 Å². The molecule has 0 bridgehead atoms. The zero-order valence-corrected chi connectivity index (χ0v) is 15.9. The van der Waals surface area contributed by atoms with E-state index in [1.165, 1.54) is 11.3 Å². The van der Waals surface area contributed by atoms with Crippen molar-refractivity contribution >= 4 is 42.1 Å².